The Morgan fingerprint density at radius 3 is 2.37 bits per heavy atom. The van der Waals surface area contributed by atoms with Crippen LogP contribution < -0.4 is 10.1 Å². The van der Waals surface area contributed by atoms with Gasteiger partial charge in [0, 0.05) is 22.3 Å². The van der Waals surface area contributed by atoms with Crippen molar-refractivity contribution >= 4 is 40.6 Å². The van der Waals surface area contributed by atoms with Crippen LogP contribution in [0.5, 0.6) is 5.75 Å². The van der Waals surface area contributed by atoms with Crippen molar-refractivity contribution in [1.82, 2.24) is 0 Å². The zero-order valence-electron chi connectivity index (χ0n) is 14.1. The molecule has 1 amide bonds. The molecule has 0 unspecified atom stereocenters. The summed E-state index contributed by atoms with van der Waals surface area (Å²) < 4.78 is 5.54. The van der Waals surface area contributed by atoms with E-state index in [9.17, 15) is 9.59 Å². The molecule has 136 valence electrons. The SMILES string of the molecule is O=C(COc1cccc(NC(=O)c2ccccc2Cl)c1)c1ccc(Cl)cc1. The molecule has 4 nitrogen and oxygen atoms in total. The van der Waals surface area contributed by atoms with Crippen LogP contribution in [0.1, 0.15) is 20.7 Å². The first-order valence-corrected chi connectivity index (χ1v) is 8.86. The van der Waals surface area contributed by atoms with Gasteiger partial charge in [-0.2, -0.15) is 0 Å². The second kappa shape index (κ2) is 8.71. The summed E-state index contributed by atoms with van der Waals surface area (Å²) >= 11 is 11.9. The van der Waals surface area contributed by atoms with Crippen LogP contribution in [0.2, 0.25) is 10.0 Å². The number of amides is 1. The molecule has 0 bridgehead atoms. The number of carbonyl (C=O) groups is 2. The molecular weight excluding hydrogens is 385 g/mol. The molecule has 0 saturated heterocycles. The summed E-state index contributed by atoms with van der Waals surface area (Å²) in [5.41, 5.74) is 1.43. The van der Waals surface area contributed by atoms with Gasteiger partial charge in [-0.25, -0.2) is 0 Å². The van der Waals surface area contributed by atoms with Crippen LogP contribution in [0, 0.1) is 0 Å². The average Bonchev–Trinajstić information content (AvgIpc) is 2.67. The minimum atomic E-state index is -0.324. The van der Waals surface area contributed by atoms with Crippen LogP contribution in [0.25, 0.3) is 0 Å². The number of ether oxygens (including phenoxy) is 1. The van der Waals surface area contributed by atoms with E-state index < -0.39 is 0 Å². The van der Waals surface area contributed by atoms with E-state index >= 15 is 0 Å². The molecule has 3 aromatic rings. The van der Waals surface area contributed by atoms with Gasteiger partial charge in [-0.05, 0) is 48.5 Å². The Balaban J connectivity index is 1.63. The molecule has 0 fully saturated rings. The van der Waals surface area contributed by atoms with Crippen molar-refractivity contribution in [3.63, 3.8) is 0 Å². The van der Waals surface area contributed by atoms with Crippen molar-refractivity contribution in [1.29, 1.82) is 0 Å². The number of hydrogen-bond acceptors (Lipinski definition) is 3. The zero-order chi connectivity index (χ0) is 19.2. The second-order valence-electron chi connectivity index (χ2n) is 5.68. The van der Waals surface area contributed by atoms with Crippen molar-refractivity contribution in [2.24, 2.45) is 0 Å². The van der Waals surface area contributed by atoms with Gasteiger partial charge in [0.15, 0.2) is 12.4 Å². The predicted octanol–water partition coefficient (Wildman–Crippen LogP) is 5.51. The molecule has 0 aliphatic rings. The highest BCUT2D eigenvalue weighted by molar-refractivity contribution is 6.34. The van der Waals surface area contributed by atoms with Crippen LogP contribution in [0.4, 0.5) is 5.69 Å². The molecule has 0 aliphatic heterocycles. The number of nitrogens with one attached hydrogen (secondary N) is 1. The van der Waals surface area contributed by atoms with Crippen LogP contribution in [-0.4, -0.2) is 18.3 Å². The van der Waals surface area contributed by atoms with Gasteiger partial charge in [0.25, 0.3) is 5.91 Å². The molecule has 0 heterocycles. The lowest BCUT2D eigenvalue weighted by Gasteiger charge is -2.10. The normalized spacial score (nSPS) is 10.3. The first kappa shape index (κ1) is 19.0. The van der Waals surface area contributed by atoms with Gasteiger partial charge in [0.1, 0.15) is 5.75 Å². The quantitative estimate of drug-likeness (QED) is 0.556. The maximum atomic E-state index is 12.3. The molecule has 3 rings (SSSR count). The van der Waals surface area contributed by atoms with Crippen molar-refractivity contribution < 1.29 is 14.3 Å². The molecule has 0 radical (unpaired) electrons. The van der Waals surface area contributed by atoms with Crippen LogP contribution in [0.3, 0.4) is 0 Å². The minimum absolute atomic E-state index is 0.121. The Labute approximate surface area is 166 Å². The Morgan fingerprint density at radius 1 is 0.889 bits per heavy atom. The Hall–Kier alpha value is -2.82. The maximum Gasteiger partial charge on any atom is 0.257 e. The van der Waals surface area contributed by atoms with Crippen LogP contribution in [-0.2, 0) is 0 Å². The predicted molar refractivity (Wildman–Crippen MR) is 107 cm³/mol. The number of benzene rings is 3. The molecule has 0 aromatic heterocycles. The van der Waals surface area contributed by atoms with Gasteiger partial charge in [0.05, 0.1) is 10.6 Å². The fourth-order valence-electron chi connectivity index (χ4n) is 2.38. The summed E-state index contributed by atoms with van der Waals surface area (Å²) in [5, 5.41) is 3.70. The Morgan fingerprint density at radius 2 is 1.63 bits per heavy atom. The van der Waals surface area contributed by atoms with Gasteiger partial charge in [-0.15, -0.1) is 0 Å². The number of ketones is 1. The third-order valence-electron chi connectivity index (χ3n) is 3.75. The van der Waals surface area contributed by atoms with Crippen molar-refractivity contribution in [2.45, 2.75) is 0 Å². The zero-order valence-corrected chi connectivity index (χ0v) is 15.6. The summed E-state index contributed by atoms with van der Waals surface area (Å²) in [6.07, 6.45) is 0. The third kappa shape index (κ3) is 5.09. The summed E-state index contributed by atoms with van der Waals surface area (Å²) in [4.78, 5) is 24.5. The van der Waals surface area contributed by atoms with Gasteiger partial charge < -0.3 is 10.1 Å². The Kier molecular flexibility index (Phi) is 6.12. The average molecular weight is 400 g/mol. The number of anilines is 1. The summed E-state index contributed by atoms with van der Waals surface area (Å²) in [5.74, 6) is -0.0264. The lowest BCUT2D eigenvalue weighted by Crippen LogP contribution is -2.13. The maximum absolute atomic E-state index is 12.3. The van der Waals surface area contributed by atoms with Gasteiger partial charge >= 0.3 is 0 Å². The Bertz CT molecular complexity index is 971. The molecule has 0 aliphatic carbocycles. The molecule has 1 N–H and O–H groups in total. The summed E-state index contributed by atoms with van der Waals surface area (Å²) in [6.45, 7) is -0.121. The number of halogens is 2. The standard InChI is InChI=1S/C21H15Cl2NO3/c22-15-10-8-14(9-11-15)20(25)13-27-17-5-3-4-16(12-17)24-21(26)18-6-1-2-7-19(18)23/h1-12H,13H2,(H,24,26). The number of hydrogen-bond donors (Lipinski definition) is 1. The smallest absolute Gasteiger partial charge is 0.257 e. The van der Waals surface area contributed by atoms with E-state index in [0.29, 0.717) is 32.6 Å². The fraction of sp³-hybridized carbons (Fsp3) is 0.0476. The van der Waals surface area contributed by atoms with Crippen molar-refractivity contribution in [2.75, 3.05) is 11.9 Å². The highest BCUT2D eigenvalue weighted by Gasteiger charge is 2.11. The lowest BCUT2D eigenvalue weighted by molar-refractivity contribution is 0.0920. The van der Waals surface area contributed by atoms with Crippen LogP contribution >= 0.6 is 23.2 Å². The van der Waals surface area contributed by atoms with E-state index in [1.807, 2.05) is 0 Å². The molecular formula is C21H15Cl2NO3. The van der Waals surface area contributed by atoms with E-state index in [-0.39, 0.29) is 18.3 Å². The minimum Gasteiger partial charge on any atom is -0.485 e. The molecule has 0 saturated carbocycles. The number of carbonyl (C=O) groups excluding carboxylic acids is 2. The van der Waals surface area contributed by atoms with Gasteiger partial charge in [-0.1, -0.05) is 41.4 Å². The van der Waals surface area contributed by atoms with Gasteiger partial charge in [0.2, 0.25) is 0 Å². The van der Waals surface area contributed by atoms with E-state index in [4.69, 9.17) is 27.9 Å². The highest BCUT2D eigenvalue weighted by atomic mass is 35.5. The second-order valence-corrected chi connectivity index (χ2v) is 6.52. The largest absolute Gasteiger partial charge is 0.485 e. The van der Waals surface area contributed by atoms with E-state index in [1.165, 1.54) is 0 Å². The first-order valence-electron chi connectivity index (χ1n) is 8.10. The van der Waals surface area contributed by atoms with Crippen molar-refractivity contribution in [3.8, 4) is 5.75 Å². The van der Waals surface area contributed by atoms with E-state index in [2.05, 4.69) is 5.32 Å². The van der Waals surface area contributed by atoms with Crippen LogP contribution in [0.15, 0.2) is 72.8 Å². The topological polar surface area (TPSA) is 55.4 Å². The molecule has 0 atom stereocenters. The molecule has 27 heavy (non-hydrogen) atoms. The monoisotopic (exact) mass is 399 g/mol. The fourth-order valence-corrected chi connectivity index (χ4v) is 2.72. The number of rotatable bonds is 6. The molecule has 6 heteroatoms. The van der Waals surface area contributed by atoms with Gasteiger partial charge in [-0.3, -0.25) is 9.59 Å². The molecule has 3 aromatic carbocycles. The lowest BCUT2D eigenvalue weighted by atomic mass is 10.1. The summed E-state index contributed by atoms with van der Waals surface area (Å²) in [7, 11) is 0. The van der Waals surface area contributed by atoms with Crippen molar-refractivity contribution in [3.05, 3.63) is 94.0 Å². The van der Waals surface area contributed by atoms with E-state index in [0.717, 1.165) is 0 Å². The third-order valence-corrected chi connectivity index (χ3v) is 4.33. The number of Topliss-reactive ketones (excluding diaryl/α,β-unsaturated/α-hetero) is 1. The first-order chi connectivity index (χ1) is 13.0. The summed E-state index contributed by atoms with van der Waals surface area (Å²) in [6, 6.07) is 20.2. The molecule has 0 spiro atoms. The highest BCUT2D eigenvalue weighted by Crippen LogP contribution is 2.21. The van der Waals surface area contributed by atoms with E-state index in [1.54, 1.807) is 72.8 Å².